The molecule has 1 aliphatic heterocycles. The van der Waals surface area contributed by atoms with Gasteiger partial charge < -0.3 is 19.7 Å². The predicted octanol–water partition coefficient (Wildman–Crippen LogP) is 5.33. The maximum atomic E-state index is 13.3. The van der Waals surface area contributed by atoms with Gasteiger partial charge in [0.15, 0.2) is 0 Å². The van der Waals surface area contributed by atoms with E-state index in [9.17, 15) is 9.59 Å². The molecule has 11 nitrogen and oxygen atoms in total. The normalized spacial score (nSPS) is 15.3. The fourth-order valence-corrected chi connectivity index (χ4v) is 5.32. The van der Waals surface area contributed by atoms with E-state index >= 15 is 0 Å². The Bertz CT molecular complexity index is 1800. The summed E-state index contributed by atoms with van der Waals surface area (Å²) in [6.45, 7) is 9.07. The number of likely N-dealkylation sites (tertiary alicyclic amines) is 1. The highest BCUT2D eigenvalue weighted by atomic mass is 16.6. The Labute approximate surface area is 249 Å². The second kappa shape index (κ2) is 11.4. The van der Waals surface area contributed by atoms with Gasteiger partial charge in [0, 0.05) is 30.6 Å². The van der Waals surface area contributed by atoms with Crippen LogP contribution in [0.25, 0.3) is 16.6 Å². The van der Waals surface area contributed by atoms with Crippen LogP contribution in [0, 0.1) is 0 Å². The van der Waals surface area contributed by atoms with Crippen LogP contribution in [0.5, 0.6) is 5.88 Å². The number of hydrogen-bond donors (Lipinski definition) is 1. The van der Waals surface area contributed by atoms with Crippen LogP contribution >= 0.6 is 0 Å². The third-order valence-corrected chi connectivity index (χ3v) is 7.26. The fraction of sp³-hybridized carbons (Fsp3) is 0.344. The number of pyridine rings is 2. The van der Waals surface area contributed by atoms with Crippen LogP contribution in [0.15, 0.2) is 67.0 Å². The van der Waals surface area contributed by atoms with Crippen LogP contribution in [0.3, 0.4) is 0 Å². The number of aryl methyl sites for hydroxylation is 1. The minimum atomic E-state index is -0.540. The number of rotatable bonds is 7. The summed E-state index contributed by atoms with van der Waals surface area (Å²) in [7, 11) is 0. The average Bonchev–Trinajstić information content (AvgIpc) is 3.70. The SMILES string of the molecule is CCc1nn(Cc2cccc(OC3CCN(C(=O)OC(C)(C)C)C3)n2)c2cccc(NC(=O)c3cnc4ccccn34)c12. The molecule has 1 aliphatic rings. The first kappa shape index (κ1) is 28.2. The van der Waals surface area contributed by atoms with Crippen molar-refractivity contribution in [2.75, 3.05) is 18.4 Å². The molecule has 0 aliphatic carbocycles. The molecule has 1 N–H and O–H groups in total. The zero-order valence-electron chi connectivity index (χ0n) is 24.8. The van der Waals surface area contributed by atoms with Crippen molar-refractivity contribution in [3.8, 4) is 5.88 Å². The van der Waals surface area contributed by atoms with Crippen molar-refractivity contribution in [3.63, 3.8) is 0 Å². The molecule has 0 radical (unpaired) electrons. The highest BCUT2D eigenvalue weighted by Gasteiger charge is 2.31. The molecular weight excluding hydrogens is 546 g/mol. The third kappa shape index (κ3) is 6.01. The molecule has 0 bridgehead atoms. The van der Waals surface area contributed by atoms with Gasteiger partial charge in [-0.1, -0.05) is 25.1 Å². The third-order valence-electron chi connectivity index (χ3n) is 7.26. The van der Waals surface area contributed by atoms with Gasteiger partial charge >= 0.3 is 6.09 Å². The fourth-order valence-electron chi connectivity index (χ4n) is 5.32. The summed E-state index contributed by atoms with van der Waals surface area (Å²) < 4.78 is 15.3. The molecule has 6 rings (SSSR count). The minimum Gasteiger partial charge on any atom is -0.472 e. The molecule has 0 saturated carbocycles. The van der Waals surface area contributed by atoms with E-state index in [1.54, 1.807) is 15.5 Å². The van der Waals surface area contributed by atoms with E-state index in [0.29, 0.717) is 55.4 Å². The van der Waals surface area contributed by atoms with E-state index in [4.69, 9.17) is 19.6 Å². The first-order chi connectivity index (χ1) is 20.7. The summed E-state index contributed by atoms with van der Waals surface area (Å²) in [4.78, 5) is 36.5. The number of carbonyl (C=O) groups excluding carboxylic acids is 2. The quantitative estimate of drug-likeness (QED) is 0.276. The van der Waals surface area contributed by atoms with Crippen LogP contribution in [0.1, 0.15) is 56.0 Å². The van der Waals surface area contributed by atoms with Crippen LogP contribution < -0.4 is 10.1 Å². The average molecular weight is 582 g/mol. The van der Waals surface area contributed by atoms with Crippen molar-refractivity contribution in [1.29, 1.82) is 0 Å². The summed E-state index contributed by atoms with van der Waals surface area (Å²) in [5.74, 6) is 0.256. The maximum absolute atomic E-state index is 13.3. The van der Waals surface area contributed by atoms with Crippen molar-refractivity contribution in [2.24, 2.45) is 0 Å². The van der Waals surface area contributed by atoms with Crippen LogP contribution in [-0.4, -0.2) is 65.8 Å². The molecule has 1 aromatic carbocycles. The van der Waals surface area contributed by atoms with Gasteiger partial charge in [-0.15, -0.1) is 0 Å². The summed E-state index contributed by atoms with van der Waals surface area (Å²) in [6, 6.07) is 17.1. The molecule has 0 spiro atoms. The van der Waals surface area contributed by atoms with Gasteiger partial charge in [-0.2, -0.15) is 5.10 Å². The Morgan fingerprint density at radius 1 is 1.07 bits per heavy atom. The number of hydrogen-bond acceptors (Lipinski definition) is 7. The van der Waals surface area contributed by atoms with Gasteiger partial charge in [0.25, 0.3) is 5.91 Å². The molecule has 11 heteroatoms. The minimum absolute atomic E-state index is 0.161. The Morgan fingerprint density at radius 3 is 2.72 bits per heavy atom. The number of carbonyl (C=O) groups is 2. The highest BCUT2D eigenvalue weighted by molar-refractivity contribution is 6.08. The van der Waals surface area contributed by atoms with Gasteiger partial charge in [-0.3, -0.25) is 13.9 Å². The maximum Gasteiger partial charge on any atom is 0.410 e. The van der Waals surface area contributed by atoms with Gasteiger partial charge in [0.05, 0.1) is 41.9 Å². The Balaban J connectivity index is 1.19. The Hall–Kier alpha value is -4.93. The van der Waals surface area contributed by atoms with Crippen LogP contribution in [0.4, 0.5) is 10.5 Å². The number of nitrogens with zero attached hydrogens (tertiary/aromatic N) is 6. The van der Waals surface area contributed by atoms with E-state index in [1.165, 1.54) is 0 Å². The number of amides is 2. The van der Waals surface area contributed by atoms with E-state index in [0.717, 1.165) is 22.3 Å². The lowest BCUT2D eigenvalue weighted by Crippen LogP contribution is -2.36. The Kier molecular flexibility index (Phi) is 7.47. The van der Waals surface area contributed by atoms with Crippen molar-refractivity contribution in [3.05, 3.63) is 84.1 Å². The molecule has 1 atom stereocenters. The van der Waals surface area contributed by atoms with Crippen molar-refractivity contribution in [1.82, 2.24) is 29.0 Å². The monoisotopic (exact) mass is 581 g/mol. The van der Waals surface area contributed by atoms with Crippen molar-refractivity contribution in [2.45, 2.75) is 58.8 Å². The molecule has 1 saturated heterocycles. The topological polar surface area (TPSA) is 116 Å². The smallest absolute Gasteiger partial charge is 0.410 e. The molecule has 43 heavy (non-hydrogen) atoms. The van der Waals surface area contributed by atoms with Gasteiger partial charge in [-0.05, 0) is 57.5 Å². The molecular formula is C32H35N7O4. The van der Waals surface area contributed by atoms with Crippen LogP contribution in [0.2, 0.25) is 0 Å². The molecule has 2 amide bonds. The number of nitrogens with one attached hydrogen (secondary N) is 1. The van der Waals surface area contributed by atoms with Crippen molar-refractivity contribution < 1.29 is 19.1 Å². The van der Waals surface area contributed by atoms with Crippen LogP contribution in [-0.2, 0) is 17.7 Å². The lowest BCUT2D eigenvalue weighted by atomic mass is 10.1. The second-order valence-electron chi connectivity index (χ2n) is 11.6. The number of anilines is 1. The van der Waals surface area contributed by atoms with Gasteiger partial charge in [0.2, 0.25) is 5.88 Å². The molecule has 1 unspecified atom stereocenters. The summed E-state index contributed by atoms with van der Waals surface area (Å²) in [5, 5.41) is 8.86. The first-order valence-electron chi connectivity index (χ1n) is 14.5. The number of aromatic nitrogens is 5. The standard InChI is InChI=1S/C32H35N7O4/c1-5-23-29-24(35-30(40)26-18-33-27-13-6-7-16-38(26)27)11-9-12-25(29)39(36-23)19-21-10-8-14-28(34-21)42-22-15-17-37(20-22)31(41)43-32(2,3)4/h6-14,16,18,22H,5,15,17,19-20H2,1-4H3,(H,35,40). The largest absolute Gasteiger partial charge is 0.472 e. The number of benzene rings is 1. The zero-order valence-corrected chi connectivity index (χ0v) is 24.8. The molecule has 222 valence electrons. The first-order valence-corrected chi connectivity index (χ1v) is 14.5. The lowest BCUT2D eigenvalue weighted by molar-refractivity contribution is 0.0274. The van der Waals surface area contributed by atoms with Crippen molar-refractivity contribution >= 4 is 34.2 Å². The van der Waals surface area contributed by atoms with E-state index in [2.05, 4.69) is 10.3 Å². The summed E-state index contributed by atoms with van der Waals surface area (Å²) in [5.41, 5.74) is 3.87. The zero-order chi connectivity index (χ0) is 30.1. The molecule has 4 aromatic heterocycles. The highest BCUT2D eigenvalue weighted by Crippen LogP contribution is 2.29. The molecule has 5 heterocycles. The number of imidazole rings is 1. The second-order valence-corrected chi connectivity index (χ2v) is 11.6. The van der Waals surface area contributed by atoms with Gasteiger partial charge in [-0.25, -0.2) is 14.8 Å². The van der Waals surface area contributed by atoms with E-state index in [1.807, 2.05) is 93.2 Å². The number of ether oxygens (including phenoxy) is 2. The predicted molar refractivity (Wildman–Crippen MR) is 162 cm³/mol. The van der Waals surface area contributed by atoms with E-state index in [-0.39, 0.29) is 18.1 Å². The summed E-state index contributed by atoms with van der Waals surface area (Å²) >= 11 is 0. The number of fused-ring (bicyclic) bond motifs is 2. The lowest BCUT2D eigenvalue weighted by Gasteiger charge is -2.24. The Morgan fingerprint density at radius 2 is 1.91 bits per heavy atom. The summed E-state index contributed by atoms with van der Waals surface area (Å²) in [6.07, 6.45) is 4.31. The van der Waals surface area contributed by atoms with Gasteiger partial charge in [0.1, 0.15) is 23.0 Å². The van der Waals surface area contributed by atoms with E-state index < -0.39 is 5.60 Å². The molecule has 5 aromatic rings. The molecule has 1 fully saturated rings.